The fourth-order valence-corrected chi connectivity index (χ4v) is 3.18. The zero-order chi connectivity index (χ0) is 14.6. The Hall–Kier alpha value is -0.660. The van der Waals surface area contributed by atoms with Crippen molar-refractivity contribution in [2.75, 3.05) is 18.9 Å². The summed E-state index contributed by atoms with van der Waals surface area (Å²) in [6, 6.07) is 1.54. The van der Waals surface area contributed by atoms with Gasteiger partial charge in [0.1, 0.15) is 10.7 Å². The van der Waals surface area contributed by atoms with Crippen molar-refractivity contribution in [3.63, 3.8) is 0 Å². The molecule has 108 valence electrons. The van der Waals surface area contributed by atoms with Crippen LogP contribution in [0.2, 0.25) is 0 Å². The second-order valence-corrected chi connectivity index (χ2v) is 7.47. The number of hydrogen-bond donors (Lipinski definition) is 2. The van der Waals surface area contributed by atoms with Crippen molar-refractivity contribution < 1.29 is 8.42 Å². The van der Waals surface area contributed by atoms with Crippen LogP contribution in [0, 0.1) is 11.8 Å². The van der Waals surface area contributed by atoms with Crippen molar-refractivity contribution in [3.8, 4) is 0 Å². The van der Waals surface area contributed by atoms with Crippen LogP contribution < -0.4 is 10.0 Å². The minimum Gasteiger partial charge on any atom is -0.372 e. The Balaban J connectivity index is 2.97. The SMILES string of the molecule is CNc1ncc(Br)cc1S(=O)(=O)NCC(C)C(C)C. The first kappa shape index (κ1) is 16.4. The van der Waals surface area contributed by atoms with Gasteiger partial charge < -0.3 is 5.32 Å². The van der Waals surface area contributed by atoms with Gasteiger partial charge in [-0.1, -0.05) is 20.8 Å². The quantitative estimate of drug-likeness (QED) is 0.827. The van der Waals surface area contributed by atoms with Crippen LogP contribution in [0.5, 0.6) is 0 Å². The summed E-state index contributed by atoms with van der Waals surface area (Å²) < 4.78 is 27.8. The van der Waals surface area contributed by atoms with Gasteiger partial charge in [-0.25, -0.2) is 18.1 Å². The summed E-state index contributed by atoms with van der Waals surface area (Å²) in [7, 11) is -1.91. The number of rotatable bonds is 6. The van der Waals surface area contributed by atoms with Gasteiger partial charge in [0.2, 0.25) is 10.0 Å². The third-order valence-corrected chi connectivity index (χ3v) is 4.95. The van der Waals surface area contributed by atoms with E-state index in [1.165, 1.54) is 0 Å². The Morgan fingerprint density at radius 1 is 1.37 bits per heavy atom. The summed E-state index contributed by atoms with van der Waals surface area (Å²) in [5, 5.41) is 2.79. The standard InChI is InChI=1S/C12H20BrN3O2S/c1-8(2)9(3)6-16-19(17,18)11-5-10(13)7-15-12(11)14-4/h5,7-9,16H,6H2,1-4H3,(H,14,15). The maximum atomic E-state index is 12.3. The molecule has 0 aliphatic rings. The molecule has 19 heavy (non-hydrogen) atoms. The molecule has 0 aliphatic carbocycles. The van der Waals surface area contributed by atoms with Gasteiger partial charge in [-0.3, -0.25) is 0 Å². The van der Waals surface area contributed by atoms with E-state index in [0.717, 1.165) is 0 Å². The van der Waals surface area contributed by atoms with Crippen LogP contribution in [0.4, 0.5) is 5.82 Å². The number of anilines is 1. The van der Waals surface area contributed by atoms with Crippen LogP contribution in [0.1, 0.15) is 20.8 Å². The highest BCUT2D eigenvalue weighted by molar-refractivity contribution is 9.10. The summed E-state index contributed by atoms with van der Waals surface area (Å²) in [6.45, 7) is 6.57. The van der Waals surface area contributed by atoms with Crippen LogP contribution >= 0.6 is 15.9 Å². The number of hydrogen-bond acceptors (Lipinski definition) is 4. The molecule has 0 saturated heterocycles. The normalized spacial score (nSPS) is 13.6. The van der Waals surface area contributed by atoms with Crippen LogP contribution in [0.25, 0.3) is 0 Å². The smallest absolute Gasteiger partial charge is 0.244 e. The summed E-state index contributed by atoms with van der Waals surface area (Å²) in [6.07, 6.45) is 1.56. The largest absolute Gasteiger partial charge is 0.372 e. The molecule has 1 atom stereocenters. The topological polar surface area (TPSA) is 71.1 Å². The number of nitrogens with zero attached hydrogens (tertiary/aromatic N) is 1. The lowest BCUT2D eigenvalue weighted by Gasteiger charge is -2.17. The molecular weight excluding hydrogens is 330 g/mol. The predicted octanol–water partition coefficient (Wildman–Crippen LogP) is 2.46. The number of aromatic nitrogens is 1. The first-order chi connectivity index (χ1) is 8.77. The molecule has 1 aromatic heterocycles. The molecule has 1 rings (SSSR count). The lowest BCUT2D eigenvalue weighted by Crippen LogP contribution is -2.30. The van der Waals surface area contributed by atoms with Gasteiger partial charge in [0.15, 0.2) is 0 Å². The van der Waals surface area contributed by atoms with Gasteiger partial charge in [-0.15, -0.1) is 0 Å². The average molecular weight is 350 g/mol. The Kier molecular flexibility index (Phi) is 5.76. The minimum atomic E-state index is -3.56. The van der Waals surface area contributed by atoms with Crippen molar-refractivity contribution in [2.45, 2.75) is 25.7 Å². The molecule has 0 spiro atoms. The average Bonchev–Trinajstić information content (AvgIpc) is 2.35. The molecule has 0 aromatic carbocycles. The van der Waals surface area contributed by atoms with Crippen molar-refractivity contribution >= 4 is 31.8 Å². The molecule has 0 saturated carbocycles. The van der Waals surface area contributed by atoms with E-state index in [1.807, 2.05) is 6.92 Å². The Labute approximate surface area is 123 Å². The molecule has 2 N–H and O–H groups in total. The number of halogens is 1. The van der Waals surface area contributed by atoms with E-state index in [9.17, 15) is 8.42 Å². The highest BCUT2D eigenvalue weighted by Gasteiger charge is 2.21. The van der Waals surface area contributed by atoms with E-state index >= 15 is 0 Å². The molecule has 0 aliphatic heterocycles. The van der Waals surface area contributed by atoms with Gasteiger partial charge in [-0.2, -0.15) is 0 Å². The summed E-state index contributed by atoms with van der Waals surface area (Å²) >= 11 is 3.24. The molecule has 0 radical (unpaired) electrons. The van der Waals surface area contributed by atoms with Gasteiger partial charge in [0.25, 0.3) is 0 Å². The molecule has 0 fully saturated rings. The van der Waals surface area contributed by atoms with Gasteiger partial charge >= 0.3 is 0 Å². The summed E-state index contributed by atoms with van der Waals surface area (Å²) in [5.41, 5.74) is 0. The van der Waals surface area contributed by atoms with Gasteiger partial charge in [0, 0.05) is 24.3 Å². The third kappa shape index (κ3) is 4.43. The van der Waals surface area contributed by atoms with E-state index < -0.39 is 10.0 Å². The predicted molar refractivity (Wildman–Crippen MR) is 80.7 cm³/mol. The fraction of sp³-hybridized carbons (Fsp3) is 0.583. The second-order valence-electron chi connectivity index (χ2n) is 4.82. The van der Waals surface area contributed by atoms with Crippen LogP contribution in [-0.2, 0) is 10.0 Å². The highest BCUT2D eigenvalue weighted by atomic mass is 79.9. The highest BCUT2D eigenvalue weighted by Crippen LogP contribution is 2.22. The zero-order valence-electron chi connectivity index (χ0n) is 11.6. The van der Waals surface area contributed by atoms with Gasteiger partial charge in [0.05, 0.1) is 0 Å². The van der Waals surface area contributed by atoms with Crippen molar-refractivity contribution in [1.82, 2.24) is 9.71 Å². The van der Waals surface area contributed by atoms with E-state index in [-0.39, 0.29) is 10.8 Å². The molecule has 7 heteroatoms. The van der Waals surface area contributed by atoms with E-state index in [1.54, 1.807) is 19.3 Å². The molecule has 1 unspecified atom stereocenters. The lowest BCUT2D eigenvalue weighted by atomic mass is 9.99. The van der Waals surface area contributed by atoms with E-state index in [0.29, 0.717) is 22.8 Å². The van der Waals surface area contributed by atoms with E-state index in [2.05, 4.69) is 44.8 Å². The minimum absolute atomic E-state index is 0.153. The first-order valence-electron chi connectivity index (χ1n) is 6.11. The molecule has 1 heterocycles. The van der Waals surface area contributed by atoms with Crippen molar-refractivity contribution in [3.05, 3.63) is 16.7 Å². The van der Waals surface area contributed by atoms with Crippen LogP contribution in [-0.4, -0.2) is 27.0 Å². The maximum Gasteiger partial charge on any atom is 0.244 e. The molecule has 1 aromatic rings. The summed E-state index contributed by atoms with van der Waals surface area (Å²) in [4.78, 5) is 4.20. The van der Waals surface area contributed by atoms with Gasteiger partial charge in [-0.05, 0) is 33.8 Å². The van der Waals surface area contributed by atoms with Crippen LogP contribution in [0.3, 0.4) is 0 Å². The van der Waals surface area contributed by atoms with E-state index in [4.69, 9.17) is 0 Å². The fourth-order valence-electron chi connectivity index (χ4n) is 1.37. The lowest BCUT2D eigenvalue weighted by molar-refractivity contribution is 0.414. The second kappa shape index (κ2) is 6.67. The Morgan fingerprint density at radius 3 is 2.53 bits per heavy atom. The zero-order valence-corrected chi connectivity index (χ0v) is 14.0. The van der Waals surface area contributed by atoms with Crippen molar-refractivity contribution in [2.24, 2.45) is 11.8 Å². The monoisotopic (exact) mass is 349 g/mol. The van der Waals surface area contributed by atoms with Crippen molar-refractivity contribution in [1.29, 1.82) is 0 Å². The molecular formula is C12H20BrN3O2S. The number of pyridine rings is 1. The number of sulfonamides is 1. The summed E-state index contributed by atoms with van der Waals surface area (Å²) in [5.74, 6) is 1.04. The molecule has 0 bridgehead atoms. The number of nitrogens with one attached hydrogen (secondary N) is 2. The molecule has 0 amide bonds. The van der Waals surface area contributed by atoms with Crippen LogP contribution in [0.15, 0.2) is 21.6 Å². The molecule has 5 nitrogen and oxygen atoms in total. The third-order valence-electron chi connectivity index (χ3n) is 3.08. The maximum absolute atomic E-state index is 12.3. The first-order valence-corrected chi connectivity index (χ1v) is 8.38. The Morgan fingerprint density at radius 2 is 2.00 bits per heavy atom. The Bertz CT molecular complexity index is 532.